The van der Waals surface area contributed by atoms with Crippen molar-refractivity contribution in [3.63, 3.8) is 0 Å². The molecule has 2 aromatic rings. The Morgan fingerprint density at radius 3 is 3.27 bits per heavy atom. The molecule has 0 N–H and O–H groups in total. The van der Waals surface area contributed by atoms with Crippen LogP contribution in [0.2, 0.25) is 5.15 Å². The van der Waals surface area contributed by atoms with Crippen LogP contribution in [0.5, 0.6) is 0 Å². The second-order valence-electron chi connectivity index (χ2n) is 1.98. The maximum atomic E-state index is 11.0. The zero-order chi connectivity index (χ0) is 7.84. The molecule has 0 fully saturated rings. The molecule has 0 aliphatic heterocycles. The minimum atomic E-state index is -0.315. The number of nitrogens with zero attached hydrogens (tertiary/aromatic N) is 2. The molecule has 0 aliphatic rings. The van der Waals surface area contributed by atoms with E-state index in [1.165, 1.54) is 12.3 Å². The van der Waals surface area contributed by atoms with Gasteiger partial charge in [-0.2, -0.15) is 0 Å². The largest absolute Gasteiger partial charge is 0.378 e. The Balaban J connectivity index is 3.02. The second kappa shape index (κ2) is 2.10. The predicted octanol–water partition coefficient (Wildman–Crippen LogP) is 0.941. The highest BCUT2D eigenvalue weighted by molar-refractivity contribution is 6.29. The van der Waals surface area contributed by atoms with Gasteiger partial charge in [0.2, 0.25) is 0 Å². The van der Waals surface area contributed by atoms with Gasteiger partial charge in [0.25, 0.3) is 5.56 Å². The zero-order valence-electron chi connectivity index (χ0n) is 5.32. The first-order chi connectivity index (χ1) is 5.27. The lowest BCUT2D eigenvalue weighted by Gasteiger charge is -1.88. The Morgan fingerprint density at radius 1 is 1.64 bits per heavy atom. The van der Waals surface area contributed by atoms with Crippen molar-refractivity contribution >= 4 is 17.2 Å². The molecule has 11 heavy (non-hydrogen) atoms. The van der Waals surface area contributed by atoms with Crippen LogP contribution in [0.15, 0.2) is 27.7 Å². The summed E-state index contributed by atoms with van der Waals surface area (Å²) >= 11 is 5.51. The van der Waals surface area contributed by atoms with Gasteiger partial charge < -0.3 is 4.52 Å². The van der Waals surface area contributed by atoms with Gasteiger partial charge in [-0.25, -0.2) is 4.98 Å². The van der Waals surface area contributed by atoms with Gasteiger partial charge in [-0.05, 0) is 0 Å². The van der Waals surface area contributed by atoms with Crippen molar-refractivity contribution in [3.05, 3.63) is 33.9 Å². The molecule has 56 valence electrons. The van der Waals surface area contributed by atoms with Crippen molar-refractivity contribution in [3.8, 4) is 0 Å². The molecule has 0 saturated heterocycles. The molecule has 5 heteroatoms. The third kappa shape index (κ3) is 0.914. The number of hydrogen-bond acceptors (Lipinski definition) is 3. The van der Waals surface area contributed by atoms with E-state index in [9.17, 15) is 4.79 Å². The third-order valence-corrected chi connectivity index (χ3v) is 1.45. The Labute approximate surface area is 66.0 Å². The van der Waals surface area contributed by atoms with Crippen molar-refractivity contribution in [1.29, 1.82) is 0 Å². The van der Waals surface area contributed by atoms with Gasteiger partial charge in [-0.3, -0.25) is 4.79 Å². The summed E-state index contributed by atoms with van der Waals surface area (Å²) in [6.07, 6.45) is 1.38. The van der Waals surface area contributed by atoms with Gasteiger partial charge in [0.15, 0.2) is 5.65 Å². The fraction of sp³-hybridized carbons (Fsp3) is 0. The summed E-state index contributed by atoms with van der Waals surface area (Å²) in [7, 11) is 0. The summed E-state index contributed by atoms with van der Waals surface area (Å²) in [5.41, 5.74) is 0.104. The van der Waals surface area contributed by atoms with Crippen LogP contribution in [0.25, 0.3) is 5.65 Å². The quantitative estimate of drug-likeness (QED) is 0.553. The maximum Gasteiger partial charge on any atom is 0.288 e. The third-order valence-electron chi connectivity index (χ3n) is 1.26. The van der Waals surface area contributed by atoms with E-state index in [4.69, 9.17) is 16.1 Å². The van der Waals surface area contributed by atoms with Crippen LogP contribution in [0, 0.1) is 0 Å². The van der Waals surface area contributed by atoms with Gasteiger partial charge in [-0.1, -0.05) is 11.6 Å². The molecule has 0 atom stereocenters. The Morgan fingerprint density at radius 2 is 2.45 bits per heavy atom. The van der Waals surface area contributed by atoms with Crippen LogP contribution in [-0.4, -0.2) is 9.56 Å². The van der Waals surface area contributed by atoms with Crippen molar-refractivity contribution in [1.82, 2.24) is 9.56 Å². The minimum absolute atomic E-state index is 0.177. The summed E-state index contributed by atoms with van der Waals surface area (Å²) in [6, 6.07) is 2.76. The molecule has 0 aromatic carbocycles. The first kappa shape index (κ1) is 6.42. The molecule has 0 amide bonds. The van der Waals surface area contributed by atoms with Gasteiger partial charge in [-0.15, -0.1) is 4.57 Å². The van der Waals surface area contributed by atoms with Crippen LogP contribution in [0.4, 0.5) is 0 Å². The van der Waals surface area contributed by atoms with Crippen LogP contribution < -0.4 is 5.56 Å². The summed E-state index contributed by atoms with van der Waals surface area (Å²) in [6.45, 7) is 0. The topological polar surface area (TPSA) is 47.5 Å². The fourth-order valence-electron chi connectivity index (χ4n) is 0.824. The smallest absolute Gasteiger partial charge is 0.288 e. The Kier molecular flexibility index (Phi) is 1.22. The normalized spacial score (nSPS) is 10.6. The van der Waals surface area contributed by atoms with E-state index in [0.29, 0.717) is 5.65 Å². The van der Waals surface area contributed by atoms with E-state index < -0.39 is 0 Å². The minimum Gasteiger partial charge on any atom is -0.378 e. The van der Waals surface area contributed by atoms with Crippen LogP contribution in [0.3, 0.4) is 0 Å². The molecule has 0 unspecified atom stereocenters. The second-order valence-corrected chi connectivity index (χ2v) is 2.37. The predicted molar refractivity (Wildman–Crippen MR) is 38.7 cm³/mol. The summed E-state index contributed by atoms with van der Waals surface area (Å²) in [5.74, 6) is 0. The summed E-state index contributed by atoms with van der Waals surface area (Å²) in [5, 5.41) is 0.177. The van der Waals surface area contributed by atoms with Crippen molar-refractivity contribution in [2.24, 2.45) is 0 Å². The SMILES string of the molecule is O=c1cc(Cl)nc2ccon12. The monoisotopic (exact) mass is 170 g/mol. The molecule has 0 radical (unpaired) electrons. The maximum absolute atomic E-state index is 11.0. The molecular weight excluding hydrogens is 168 g/mol. The first-order valence-electron chi connectivity index (χ1n) is 2.91. The molecule has 0 bridgehead atoms. The average Bonchev–Trinajstić information content (AvgIpc) is 2.34. The standard InChI is InChI=1S/C6H3ClN2O2/c7-4-3-6(10)9-5(8-4)1-2-11-9/h1-3H. The van der Waals surface area contributed by atoms with Crippen LogP contribution in [0.1, 0.15) is 0 Å². The zero-order valence-corrected chi connectivity index (χ0v) is 6.08. The number of aromatic nitrogens is 2. The van der Waals surface area contributed by atoms with Gasteiger partial charge in [0.05, 0.1) is 0 Å². The van der Waals surface area contributed by atoms with Gasteiger partial charge in [0.1, 0.15) is 11.4 Å². The van der Waals surface area contributed by atoms with E-state index >= 15 is 0 Å². The van der Waals surface area contributed by atoms with E-state index in [1.54, 1.807) is 6.07 Å². The van der Waals surface area contributed by atoms with Crippen molar-refractivity contribution in [2.75, 3.05) is 0 Å². The summed E-state index contributed by atoms with van der Waals surface area (Å²) in [4.78, 5) is 14.8. The van der Waals surface area contributed by atoms with E-state index in [2.05, 4.69) is 4.98 Å². The average molecular weight is 171 g/mol. The van der Waals surface area contributed by atoms with E-state index in [1.807, 2.05) is 0 Å². The number of halogens is 1. The highest BCUT2D eigenvalue weighted by atomic mass is 35.5. The number of fused-ring (bicyclic) bond motifs is 1. The van der Waals surface area contributed by atoms with Gasteiger partial charge in [0, 0.05) is 12.1 Å². The van der Waals surface area contributed by atoms with E-state index in [-0.39, 0.29) is 10.7 Å². The fourth-order valence-corrected chi connectivity index (χ4v) is 1.00. The first-order valence-corrected chi connectivity index (χ1v) is 3.28. The highest BCUT2D eigenvalue weighted by Gasteiger charge is 2.00. The molecule has 0 saturated carbocycles. The Bertz CT molecular complexity index is 445. The summed E-state index contributed by atoms with van der Waals surface area (Å²) < 4.78 is 5.85. The van der Waals surface area contributed by atoms with E-state index in [0.717, 1.165) is 4.57 Å². The molecule has 0 aliphatic carbocycles. The lowest BCUT2D eigenvalue weighted by atomic mass is 10.6. The van der Waals surface area contributed by atoms with Gasteiger partial charge >= 0.3 is 0 Å². The number of rotatable bonds is 0. The molecule has 2 heterocycles. The molecule has 2 rings (SSSR count). The lowest BCUT2D eigenvalue weighted by Crippen LogP contribution is -2.10. The van der Waals surface area contributed by atoms with Crippen LogP contribution in [-0.2, 0) is 0 Å². The van der Waals surface area contributed by atoms with Crippen molar-refractivity contribution < 1.29 is 4.52 Å². The lowest BCUT2D eigenvalue weighted by molar-refractivity contribution is 0.364. The highest BCUT2D eigenvalue weighted by Crippen LogP contribution is 2.03. The molecule has 2 aromatic heterocycles. The van der Waals surface area contributed by atoms with Crippen LogP contribution >= 0.6 is 11.6 Å². The van der Waals surface area contributed by atoms with Crippen molar-refractivity contribution in [2.45, 2.75) is 0 Å². The molecule has 0 spiro atoms. The molecule has 4 nitrogen and oxygen atoms in total. The molecular formula is C6H3ClN2O2. The Hall–Kier alpha value is -1.29. The number of hydrogen-bond donors (Lipinski definition) is 0.